The third-order valence-corrected chi connectivity index (χ3v) is 2.32. The van der Waals surface area contributed by atoms with Gasteiger partial charge in [-0.1, -0.05) is 0 Å². The highest BCUT2D eigenvalue weighted by Gasteiger charge is 2.08. The maximum absolute atomic E-state index is 11.3. The second-order valence-corrected chi connectivity index (χ2v) is 3.64. The lowest BCUT2D eigenvalue weighted by Crippen LogP contribution is -2.30. The predicted octanol–water partition coefficient (Wildman–Crippen LogP) is 0.730. The van der Waals surface area contributed by atoms with Gasteiger partial charge in [0.1, 0.15) is 5.69 Å². The number of nitrogen functional groups attached to an aromatic ring is 1. The highest BCUT2D eigenvalue weighted by atomic mass is 16.2. The van der Waals surface area contributed by atoms with Crippen LogP contribution in [0.5, 0.6) is 0 Å². The average molecular weight is 232 g/mol. The maximum Gasteiger partial charge on any atom is 0.281 e. The Morgan fingerprint density at radius 2 is 2.06 bits per heavy atom. The first-order valence-corrected chi connectivity index (χ1v) is 5.01. The predicted molar refractivity (Wildman–Crippen MR) is 64.3 cm³/mol. The fourth-order valence-corrected chi connectivity index (χ4v) is 1.61. The summed E-state index contributed by atoms with van der Waals surface area (Å²) in [5, 5.41) is 3.50. The molecule has 0 aliphatic rings. The minimum atomic E-state index is -0.387. The fourth-order valence-electron chi connectivity index (χ4n) is 1.61. The number of benzene rings is 1. The molecule has 1 heterocycles. The van der Waals surface area contributed by atoms with Gasteiger partial charge in [-0.15, -0.1) is 0 Å². The standard InChI is InChI=1S/C11H12N4O2/c1-6(16)13-8-2-3-9-7(4-8)5-10(14-9)11(17)15-12/h2-5,14H,12H2,1H3,(H,13,16)(H,15,17). The van der Waals surface area contributed by atoms with E-state index in [0.29, 0.717) is 11.4 Å². The van der Waals surface area contributed by atoms with Crippen LogP contribution in [0.3, 0.4) is 0 Å². The Morgan fingerprint density at radius 3 is 2.71 bits per heavy atom. The van der Waals surface area contributed by atoms with Crippen molar-refractivity contribution in [3.05, 3.63) is 30.0 Å². The van der Waals surface area contributed by atoms with Gasteiger partial charge >= 0.3 is 0 Å². The van der Waals surface area contributed by atoms with E-state index in [2.05, 4.69) is 10.3 Å². The number of fused-ring (bicyclic) bond motifs is 1. The van der Waals surface area contributed by atoms with Crippen LogP contribution in [-0.2, 0) is 4.79 Å². The van der Waals surface area contributed by atoms with Gasteiger partial charge in [0.15, 0.2) is 0 Å². The SMILES string of the molecule is CC(=O)Nc1ccc2[nH]c(C(=O)NN)cc2c1. The third-order valence-electron chi connectivity index (χ3n) is 2.32. The van der Waals surface area contributed by atoms with Crippen molar-refractivity contribution < 1.29 is 9.59 Å². The molecule has 0 fully saturated rings. The average Bonchev–Trinajstić information content (AvgIpc) is 2.70. The number of aromatic nitrogens is 1. The van der Waals surface area contributed by atoms with Gasteiger partial charge in [-0.2, -0.15) is 0 Å². The van der Waals surface area contributed by atoms with Crippen molar-refractivity contribution in [2.24, 2.45) is 5.84 Å². The molecule has 0 spiro atoms. The van der Waals surface area contributed by atoms with Crippen molar-refractivity contribution >= 4 is 28.4 Å². The van der Waals surface area contributed by atoms with E-state index in [9.17, 15) is 9.59 Å². The second-order valence-electron chi connectivity index (χ2n) is 3.64. The van der Waals surface area contributed by atoms with E-state index in [0.717, 1.165) is 10.9 Å². The first kappa shape index (κ1) is 11.2. The number of rotatable bonds is 2. The van der Waals surface area contributed by atoms with E-state index >= 15 is 0 Å². The molecule has 0 saturated carbocycles. The fraction of sp³-hybridized carbons (Fsp3) is 0.0909. The van der Waals surface area contributed by atoms with Crippen molar-refractivity contribution in [1.29, 1.82) is 0 Å². The van der Waals surface area contributed by atoms with Crippen molar-refractivity contribution in [3.8, 4) is 0 Å². The minimum absolute atomic E-state index is 0.139. The van der Waals surface area contributed by atoms with Crippen LogP contribution in [0, 0.1) is 0 Å². The summed E-state index contributed by atoms with van der Waals surface area (Å²) in [5.41, 5.74) is 3.91. The van der Waals surface area contributed by atoms with Gasteiger partial charge < -0.3 is 10.3 Å². The van der Waals surface area contributed by atoms with Crippen LogP contribution in [0.1, 0.15) is 17.4 Å². The van der Waals surface area contributed by atoms with Crippen LogP contribution in [-0.4, -0.2) is 16.8 Å². The topological polar surface area (TPSA) is 100 Å². The Bertz CT molecular complexity index is 588. The van der Waals surface area contributed by atoms with Crippen molar-refractivity contribution in [2.45, 2.75) is 6.92 Å². The summed E-state index contributed by atoms with van der Waals surface area (Å²) in [7, 11) is 0. The molecular weight excluding hydrogens is 220 g/mol. The highest BCUT2D eigenvalue weighted by molar-refractivity contribution is 5.99. The molecule has 1 aromatic carbocycles. The molecule has 17 heavy (non-hydrogen) atoms. The Kier molecular flexibility index (Phi) is 2.80. The molecule has 0 unspecified atom stereocenters. The van der Waals surface area contributed by atoms with Gasteiger partial charge in [-0.3, -0.25) is 15.0 Å². The molecule has 6 heteroatoms. The molecule has 5 N–H and O–H groups in total. The number of carbonyl (C=O) groups is 2. The zero-order chi connectivity index (χ0) is 12.4. The summed E-state index contributed by atoms with van der Waals surface area (Å²) < 4.78 is 0. The smallest absolute Gasteiger partial charge is 0.281 e. The van der Waals surface area contributed by atoms with Gasteiger partial charge in [0.2, 0.25) is 5.91 Å². The van der Waals surface area contributed by atoms with Crippen LogP contribution in [0.4, 0.5) is 5.69 Å². The van der Waals surface area contributed by atoms with Crippen LogP contribution < -0.4 is 16.6 Å². The van der Waals surface area contributed by atoms with E-state index in [4.69, 9.17) is 5.84 Å². The Balaban J connectivity index is 2.40. The Morgan fingerprint density at radius 1 is 1.29 bits per heavy atom. The van der Waals surface area contributed by atoms with Gasteiger partial charge in [-0.25, -0.2) is 5.84 Å². The van der Waals surface area contributed by atoms with E-state index in [-0.39, 0.29) is 11.8 Å². The number of hydrazine groups is 1. The maximum atomic E-state index is 11.3. The summed E-state index contributed by atoms with van der Waals surface area (Å²) >= 11 is 0. The summed E-state index contributed by atoms with van der Waals surface area (Å²) in [6.07, 6.45) is 0. The van der Waals surface area contributed by atoms with E-state index in [1.807, 2.05) is 5.43 Å². The first-order valence-electron chi connectivity index (χ1n) is 5.01. The Labute approximate surface area is 97.1 Å². The zero-order valence-electron chi connectivity index (χ0n) is 9.20. The molecule has 2 amide bonds. The molecule has 2 rings (SSSR count). The lowest BCUT2D eigenvalue weighted by molar-refractivity contribution is -0.114. The number of amides is 2. The van der Waals surface area contributed by atoms with Gasteiger partial charge in [-0.05, 0) is 24.3 Å². The molecule has 0 atom stereocenters. The second kappa shape index (κ2) is 4.26. The Hall–Kier alpha value is -2.34. The molecule has 2 aromatic rings. The summed E-state index contributed by atoms with van der Waals surface area (Å²) in [4.78, 5) is 25.1. The van der Waals surface area contributed by atoms with Crippen LogP contribution in [0.2, 0.25) is 0 Å². The van der Waals surface area contributed by atoms with E-state index in [1.54, 1.807) is 24.3 Å². The first-order chi connectivity index (χ1) is 8.10. The molecule has 6 nitrogen and oxygen atoms in total. The number of anilines is 1. The summed E-state index contributed by atoms with van der Waals surface area (Å²) in [5.74, 6) is 4.52. The number of carbonyl (C=O) groups excluding carboxylic acids is 2. The number of nitrogens with two attached hydrogens (primary N) is 1. The van der Waals surface area contributed by atoms with E-state index in [1.165, 1.54) is 6.92 Å². The molecular formula is C11H12N4O2. The number of nitrogens with one attached hydrogen (secondary N) is 3. The molecule has 0 aliphatic carbocycles. The van der Waals surface area contributed by atoms with Crippen molar-refractivity contribution in [1.82, 2.24) is 10.4 Å². The number of aromatic amines is 1. The molecule has 88 valence electrons. The number of hydrogen-bond acceptors (Lipinski definition) is 3. The van der Waals surface area contributed by atoms with Crippen molar-refractivity contribution in [2.75, 3.05) is 5.32 Å². The van der Waals surface area contributed by atoms with Gasteiger partial charge in [0, 0.05) is 23.5 Å². The summed E-state index contributed by atoms with van der Waals surface area (Å²) in [6, 6.07) is 6.99. The third kappa shape index (κ3) is 2.26. The summed E-state index contributed by atoms with van der Waals surface area (Å²) in [6.45, 7) is 1.44. The van der Waals surface area contributed by atoms with Crippen LogP contribution in [0.25, 0.3) is 10.9 Å². The van der Waals surface area contributed by atoms with Crippen LogP contribution in [0.15, 0.2) is 24.3 Å². The zero-order valence-corrected chi connectivity index (χ0v) is 9.20. The molecule has 0 radical (unpaired) electrons. The van der Waals surface area contributed by atoms with Crippen LogP contribution >= 0.6 is 0 Å². The normalized spacial score (nSPS) is 10.2. The van der Waals surface area contributed by atoms with Crippen molar-refractivity contribution in [3.63, 3.8) is 0 Å². The molecule has 0 saturated heterocycles. The lowest BCUT2D eigenvalue weighted by Gasteiger charge is -2.00. The van der Waals surface area contributed by atoms with E-state index < -0.39 is 0 Å². The number of hydrogen-bond donors (Lipinski definition) is 4. The lowest BCUT2D eigenvalue weighted by atomic mass is 10.2. The number of H-pyrrole nitrogens is 1. The van der Waals surface area contributed by atoms with Gasteiger partial charge in [0.25, 0.3) is 5.91 Å². The molecule has 0 bridgehead atoms. The minimum Gasteiger partial charge on any atom is -0.350 e. The highest BCUT2D eigenvalue weighted by Crippen LogP contribution is 2.20. The van der Waals surface area contributed by atoms with Gasteiger partial charge in [0.05, 0.1) is 0 Å². The monoisotopic (exact) mass is 232 g/mol. The largest absolute Gasteiger partial charge is 0.350 e. The molecule has 1 aromatic heterocycles. The molecule has 0 aliphatic heterocycles. The quantitative estimate of drug-likeness (QED) is 0.349.